The molecule has 3 rings (SSSR count). The molecule has 0 aromatic rings. The molecule has 3 aliphatic rings. The van der Waals surface area contributed by atoms with E-state index in [1.165, 1.54) is 0 Å². The maximum atomic E-state index is 12.4. The Morgan fingerprint density at radius 2 is 1.14 bits per heavy atom. The lowest BCUT2D eigenvalue weighted by Crippen LogP contribution is -2.71. The first kappa shape index (κ1) is 16.4. The lowest BCUT2D eigenvalue weighted by Gasteiger charge is -2.40. The maximum absolute atomic E-state index is 12.4. The summed E-state index contributed by atoms with van der Waals surface area (Å²) in [6.07, 6.45) is 3.61. The topological polar surface area (TPSA) is 82.3 Å². The Labute approximate surface area is 141 Å². The van der Waals surface area contributed by atoms with Gasteiger partial charge in [-0.05, 0) is 25.7 Å². The highest BCUT2D eigenvalue weighted by atomic mass is 32.1. The third kappa shape index (κ3) is 3.55. The van der Waals surface area contributed by atoms with Crippen molar-refractivity contribution in [2.75, 3.05) is 13.1 Å². The molecule has 0 aliphatic carbocycles. The van der Waals surface area contributed by atoms with E-state index in [0.717, 1.165) is 38.8 Å². The van der Waals surface area contributed by atoms with Gasteiger partial charge in [-0.3, -0.25) is 9.59 Å². The van der Waals surface area contributed by atoms with Crippen LogP contribution in [0.2, 0.25) is 0 Å². The number of hydrogen-bond donors (Lipinski definition) is 6. The quantitative estimate of drug-likeness (QED) is 0.366. The predicted octanol–water partition coefficient (Wildman–Crippen LogP) is -0.930. The van der Waals surface area contributed by atoms with Gasteiger partial charge in [-0.2, -0.15) is 25.3 Å². The highest BCUT2D eigenvalue weighted by molar-refractivity contribution is 7.81. The molecule has 3 fully saturated rings. The zero-order valence-corrected chi connectivity index (χ0v) is 14.2. The molecule has 0 radical (unpaired) electrons. The molecule has 6 atom stereocenters. The normalized spacial score (nSPS) is 43.4. The molecule has 6 nitrogen and oxygen atoms in total. The molecule has 0 spiro atoms. The Kier molecular flexibility index (Phi) is 5.21. The van der Waals surface area contributed by atoms with Crippen LogP contribution in [0.25, 0.3) is 0 Å². The average molecular weight is 345 g/mol. The van der Waals surface area contributed by atoms with Gasteiger partial charge in [-0.1, -0.05) is 0 Å². The van der Waals surface area contributed by atoms with E-state index < -0.39 is 12.1 Å². The summed E-state index contributed by atoms with van der Waals surface area (Å²) in [5.74, 6) is -0.177. The number of piperidine rings is 2. The van der Waals surface area contributed by atoms with Crippen molar-refractivity contribution in [1.82, 2.24) is 21.3 Å². The molecule has 0 aromatic carbocycles. The summed E-state index contributed by atoms with van der Waals surface area (Å²) in [4.78, 5) is 24.8. The van der Waals surface area contributed by atoms with Crippen molar-refractivity contribution in [3.8, 4) is 0 Å². The zero-order valence-electron chi connectivity index (χ0n) is 12.4. The second kappa shape index (κ2) is 6.98. The van der Waals surface area contributed by atoms with Crippen molar-refractivity contribution in [2.24, 2.45) is 0 Å². The summed E-state index contributed by atoms with van der Waals surface area (Å²) in [6, 6.07) is -0.972. The number of carbonyl (C=O) groups is 2. The standard InChI is InChI=1S/C14H24N4O2S2/c19-13-11(9-3-1-7(21)5-15-9)17-14(20)12(18-13)10-4-2-8(22)6-16-10/h7-12,15-16,21-22H,1-6H2,(H,17,20)(H,18,19). The second-order valence-electron chi connectivity index (χ2n) is 6.46. The fraction of sp³-hybridized carbons (Fsp3) is 0.857. The van der Waals surface area contributed by atoms with Gasteiger partial charge in [0.2, 0.25) is 11.8 Å². The van der Waals surface area contributed by atoms with Crippen LogP contribution in [0.15, 0.2) is 0 Å². The van der Waals surface area contributed by atoms with Crippen LogP contribution in [0.4, 0.5) is 0 Å². The number of hydrogen-bond acceptors (Lipinski definition) is 6. The number of amides is 2. The van der Waals surface area contributed by atoms with Crippen LogP contribution >= 0.6 is 25.3 Å². The molecule has 22 heavy (non-hydrogen) atoms. The Bertz CT molecular complexity index is 395. The van der Waals surface area contributed by atoms with Crippen LogP contribution in [0, 0.1) is 0 Å². The highest BCUT2D eigenvalue weighted by Crippen LogP contribution is 2.19. The minimum absolute atomic E-state index is 0.00515. The van der Waals surface area contributed by atoms with Crippen LogP contribution in [0.1, 0.15) is 25.7 Å². The number of carbonyl (C=O) groups excluding carboxylic acids is 2. The molecule has 3 heterocycles. The monoisotopic (exact) mass is 344 g/mol. The van der Waals surface area contributed by atoms with Crippen LogP contribution in [0.3, 0.4) is 0 Å². The lowest BCUT2D eigenvalue weighted by molar-refractivity contribution is -0.138. The SMILES string of the molecule is O=C1NC(C2CCC(S)CN2)C(=O)NC1C1CCC(S)CN1. The van der Waals surface area contributed by atoms with Crippen molar-refractivity contribution in [1.29, 1.82) is 0 Å². The largest absolute Gasteiger partial charge is 0.341 e. The van der Waals surface area contributed by atoms with Crippen LogP contribution in [0.5, 0.6) is 0 Å². The van der Waals surface area contributed by atoms with Crippen molar-refractivity contribution >= 4 is 37.1 Å². The smallest absolute Gasteiger partial charge is 0.244 e. The first-order valence-corrected chi connectivity index (χ1v) is 9.01. The second-order valence-corrected chi connectivity index (χ2v) is 7.92. The third-order valence-corrected chi connectivity index (χ3v) is 5.70. The fourth-order valence-electron chi connectivity index (χ4n) is 3.48. The van der Waals surface area contributed by atoms with Crippen LogP contribution in [-0.4, -0.2) is 59.6 Å². The van der Waals surface area contributed by atoms with Gasteiger partial charge >= 0.3 is 0 Å². The number of nitrogens with one attached hydrogen (secondary N) is 4. The minimum atomic E-state index is -0.481. The Hall–Kier alpha value is -0.440. The number of rotatable bonds is 2. The molecule has 6 unspecified atom stereocenters. The highest BCUT2D eigenvalue weighted by Gasteiger charge is 2.42. The number of piperazine rings is 1. The van der Waals surface area contributed by atoms with Gasteiger partial charge in [0, 0.05) is 35.7 Å². The minimum Gasteiger partial charge on any atom is -0.341 e. The van der Waals surface area contributed by atoms with E-state index in [2.05, 4.69) is 46.5 Å². The van der Waals surface area contributed by atoms with Crippen LogP contribution < -0.4 is 21.3 Å². The Morgan fingerprint density at radius 1 is 0.727 bits per heavy atom. The molecule has 0 aromatic heterocycles. The van der Waals surface area contributed by atoms with Gasteiger partial charge in [0.05, 0.1) is 0 Å². The Morgan fingerprint density at radius 3 is 1.45 bits per heavy atom. The molecule has 0 saturated carbocycles. The summed E-state index contributed by atoms with van der Waals surface area (Å²) < 4.78 is 0. The van der Waals surface area contributed by atoms with Gasteiger partial charge < -0.3 is 21.3 Å². The third-order valence-electron chi connectivity index (χ3n) is 4.82. The summed E-state index contributed by atoms with van der Waals surface area (Å²) in [6.45, 7) is 1.54. The lowest BCUT2D eigenvalue weighted by atomic mass is 9.91. The zero-order chi connectivity index (χ0) is 15.7. The number of thiol groups is 2. The first-order chi connectivity index (χ1) is 10.5. The van der Waals surface area contributed by atoms with Crippen molar-refractivity contribution < 1.29 is 9.59 Å². The van der Waals surface area contributed by atoms with E-state index in [9.17, 15) is 9.59 Å². The van der Waals surface area contributed by atoms with Crippen molar-refractivity contribution in [2.45, 2.75) is 60.4 Å². The van der Waals surface area contributed by atoms with Crippen LogP contribution in [-0.2, 0) is 9.59 Å². The molecule has 3 aliphatic heterocycles. The van der Waals surface area contributed by atoms with E-state index in [0.29, 0.717) is 10.5 Å². The van der Waals surface area contributed by atoms with E-state index in [-0.39, 0.29) is 23.9 Å². The van der Waals surface area contributed by atoms with Gasteiger partial charge in [-0.15, -0.1) is 0 Å². The van der Waals surface area contributed by atoms with Crippen molar-refractivity contribution in [3.05, 3.63) is 0 Å². The van der Waals surface area contributed by atoms with Gasteiger partial charge in [0.1, 0.15) is 12.1 Å². The Balaban J connectivity index is 1.59. The summed E-state index contributed by atoms with van der Waals surface area (Å²) >= 11 is 8.86. The van der Waals surface area contributed by atoms with E-state index >= 15 is 0 Å². The van der Waals surface area contributed by atoms with Crippen molar-refractivity contribution in [3.63, 3.8) is 0 Å². The molecule has 4 N–H and O–H groups in total. The molecular weight excluding hydrogens is 320 g/mol. The predicted molar refractivity (Wildman–Crippen MR) is 91.5 cm³/mol. The van der Waals surface area contributed by atoms with E-state index in [4.69, 9.17) is 0 Å². The van der Waals surface area contributed by atoms with E-state index in [1.54, 1.807) is 0 Å². The van der Waals surface area contributed by atoms with Gasteiger partial charge in [0.25, 0.3) is 0 Å². The molecular formula is C14H24N4O2S2. The maximum Gasteiger partial charge on any atom is 0.244 e. The first-order valence-electron chi connectivity index (χ1n) is 7.98. The summed E-state index contributed by atoms with van der Waals surface area (Å²) in [5.41, 5.74) is 0. The summed E-state index contributed by atoms with van der Waals surface area (Å²) in [5, 5.41) is 13.1. The fourth-order valence-corrected chi connectivity index (χ4v) is 3.99. The van der Waals surface area contributed by atoms with Gasteiger partial charge in [0.15, 0.2) is 0 Å². The molecule has 8 heteroatoms. The van der Waals surface area contributed by atoms with E-state index in [1.807, 2.05) is 0 Å². The summed E-state index contributed by atoms with van der Waals surface area (Å²) in [7, 11) is 0. The average Bonchev–Trinajstić information content (AvgIpc) is 2.51. The molecule has 124 valence electrons. The molecule has 3 saturated heterocycles. The molecule has 2 amide bonds. The van der Waals surface area contributed by atoms with Gasteiger partial charge in [-0.25, -0.2) is 0 Å². The molecule has 0 bridgehead atoms.